The van der Waals surface area contributed by atoms with E-state index in [1.54, 1.807) is 0 Å². The standard InChI is InChI=1S/C20H26N2O2/c1-15(23)19-7-4-12-22(14-19)20(24)21-11-10-16-8-9-17-5-2-3-6-18(17)13-16/h2-3,5-6,8-9,13,15,19,23H,4,7,10-12,14H2,1H3,(H,21,24)/t15-,19-/m0/s1. The molecule has 1 fully saturated rings. The Kier molecular flexibility index (Phi) is 5.36. The Morgan fingerprint density at radius 3 is 2.88 bits per heavy atom. The minimum absolute atomic E-state index is 0.0128. The van der Waals surface area contributed by atoms with Crippen LogP contribution in [0.15, 0.2) is 42.5 Å². The lowest BCUT2D eigenvalue weighted by molar-refractivity contribution is 0.0740. The van der Waals surface area contributed by atoms with Crippen molar-refractivity contribution in [3.8, 4) is 0 Å². The third-order valence-electron chi connectivity index (χ3n) is 4.93. The van der Waals surface area contributed by atoms with Gasteiger partial charge in [0.05, 0.1) is 6.10 Å². The quantitative estimate of drug-likeness (QED) is 0.906. The van der Waals surface area contributed by atoms with E-state index >= 15 is 0 Å². The zero-order valence-electron chi connectivity index (χ0n) is 14.2. The van der Waals surface area contributed by atoms with Crippen molar-refractivity contribution >= 4 is 16.8 Å². The first-order valence-corrected chi connectivity index (χ1v) is 8.82. The number of urea groups is 1. The first-order chi connectivity index (χ1) is 11.6. The highest BCUT2D eigenvalue weighted by Gasteiger charge is 2.26. The first kappa shape index (κ1) is 16.8. The molecule has 1 saturated heterocycles. The lowest BCUT2D eigenvalue weighted by Crippen LogP contribution is -2.47. The van der Waals surface area contributed by atoms with Gasteiger partial charge in [-0.2, -0.15) is 0 Å². The van der Waals surface area contributed by atoms with Gasteiger partial charge in [-0.15, -0.1) is 0 Å². The fourth-order valence-corrected chi connectivity index (χ4v) is 3.41. The van der Waals surface area contributed by atoms with Crippen LogP contribution in [0.4, 0.5) is 4.79 Å². The van der Waals surface area contributed by atoms with E-state index in [4.69, 9.17) is 0 Å². The number of amides is 2. The maximum Gasteiger partial charge on any atom is 0.317 e. The van der Waals surface area contributed by atoms with E-state index in [0.29, 0.717) is 13.1 Å². The molecule has 2 amide bonds. The second-order valence-electron chi connectivity index (χ2n) is 6.75. The molecule has 0 unspecified atom stereocenters. The Labute approximate surface area is 143 Å². The fourth-order valence-electron chi connectivity index (χ4n) is 3.41. The molecular weight excluding hydrogens is 300 g/mol. The first-order valence-electron chi connectivity index (χ1n) is 8.82. The van der Waals surface area contributed by atoms with Crippen LogP contribution in [0.3, 0.4) is 0 Å². The van der Waals surface area contributed by atoms with Gasteiger partial charge in [-0.05, 0) is 42.5 Å². The van der Waals surface area contributed by atoms with Crippen LogP contribution in [-0.2, 0) is 6.42 Å². The molecular formula is C20H26N2O2. The Hall–Kier alpha value is -2.07. The molecule has 1 aliphatic rings. The van der Waals surface area contributed by atoms with Gasteiger partial charge in [0.2, 0.25) is 0 Å². The fraction of sp³-hybridized carbons (Fsp3) is 0.450. The van der Waals surface area contributed by atoms with E-state index in [9.17, 15) is 9.90 Å². The Morgan fingerprint density at radius 1 is 1.29 bits per heavy atom. The van der Waals surface area contributed by atoms with Crippen molar-refractivity contribution in [2.45, 2.75) is 32.3 Å². The van der Waals surface area contributed by atoms with E-state index in [0.717, 1.165) is 25.8 Å². The van der Waals surface area contributed by atoms with E-state index in [2.05, 4.69) is 35.6 Å². The molecule has 1 aliphatic heterocycles. The van der Waals surface area contributed by atoms with Crippen LogP contribution in [0.5, 0.6) is 0 Å². The minimum atomic E-state index is -0.349. The lowest BCUT2D eigenvalue weighted by atomic mass is 9.94. The maximum atomic E-state index is 12.3. The van der Waals surface area contributed by atoms with Gasteiger partial charge in [0.15, 0.2) is 0 Å². The van der Waals surface area contributed by atoms with Gasteiger partial charge in [0.1, 0.15) is 0 Å². The number of fused-ring (bicyclic) bond motifs is 1. The normalized spacial score (nSPS) is 19.2. The molecule has 2 atom stereocenters. The number of piperidine rings is 1. The number of aliphatic hydroxyl groups is 1. The van der Waals surface area contributed by atoms with E-state index < -0.39 is 0 Å². The van der Waals surface area contributed by atoms with Crippen molar-refractivity contribution in [1.82, 2.24) is 10.2 Å². The van der Waals surface area contributed by atoms with Gasteiger partial charge in [0, 0.05) is 25.6 Å². The lowest BCUT2D eigenvalue weighted by Gasteiger charge is -2.34. The summed E-state index contributed by atoms with van der Waals surface area (Å²) >= 11 is 0. The van der Waals surface area contributed by atoms with Crippen molar-refractivity contribution < 1.29 is 9.90 Å². The van der Waals surface area contributed by atoms with Crippen LogP contribution in [0.25, 0.3) is 10.8 Å². The summed E-state index contributed by atoms with van der Waals surface area (Å²) in [6.45, 7) is 3.88. The van der Waals surface area contributed by atoms with Gasteiger partial charge >= 0.3 is 6.03 Å². The monoisotopic (exact) mass is 326 g/mol. The van der Waals surface area contributed by atoms with E-state index in [1.165, 1.54) is 16.3 Å². The third-order valence-corrected chi connectivity index (χ3v) is 4.93. The molecule has 4 nitrogen and oxygen atoms in total. The predicted octanol–water partition coefficient (Wildman–Crippen LogP) is 3.18. The molecule has 3 rings (SSSR count). The van der Waals surface area contributed by atoms with Gasteiger partial charge < -0.3 is 15.3 Å². The summed E-state index contributed by atoms with van der Waals surface area (Å²) in [5, 5.41) is 15.2. The number of hydrogen-bond acceptors (Lipinski definition) is 2. The highest BCUT2D eigenvalue weighted by atomic mass is 16.3. The smallest absolute Gasteiger partial charge is 0.317 e. The van der Waals surface area contributed by atoms with Gasteiger partial charge in [0.25, 0.3) is 0 Å². The number of rotatable bonds is 4. The van der Waals surface area contributed by atoms with E-state index in [1.807, 2.05) is 24.0 Å². The summed E-state index contributed by atoms with van der Waals surface area (Å²) in [6.07, 6.45) is 2.44. The molecule has 0 radical (unpaired) electrons. The van der Waals surface area contributed by atoms with Gasteiger partial charge in [-0.25, -0.2) is 4.79 Å². The Morgan fingerprint density at radius 2 is 2.08 bits per heavy atom. The van der Waals surface area contributed by atoms with Crippen molar-refractivity contribution in [2.24, 2.45) is 5.92 Å². The number of benzene rings is 2. The minimum Gasteiger partial charge on any atom is -0.393 e. The average molecular weight is 326 g/mol. The average Bonchev–Trinajstić information content (AvgIpc) is 2.61. The van der Waals surface area contributed by atoms with Crippen molar-refractivity contribution in [1.29, 1.82) is 0 Å². The summed E-state index contributed by atoms with van der Waals surface area (Å²) in [5.41, 5.74) is 1.23. The van der Waals surface area contributed by atoms with Crippen LogP contribution in [0, 0.1) is 5.92 Å². The molecule has 4 heteroatoms. The van der Waals surface area contributed by atoms with Crippen LogP contribution >= 0.6 is 0 Å². The summed E-state index contributed by atoms with van der Waals surface area (Å²) in [7, 11) is 0. The SMILES string of the molecule is C[C@H](O)[C@H]1CCCN(C(=O)NCCc2ccc3ccccc3c2)C1. The predicted molar refractivity (Wildman–Crippen MR) is 97.0 cm³/mol. The second kappa shape index (κ2) is 7.67. The number of likely N-dealkylation sites (tertiary alicyclic amines) is 1. The van der Waals surface area contributed by atoms with Crippen LogP contribution in [-0.4, -0.2) is 41.8 Å². The van der Waals surface area contributed by atoms with Gasteiger partial charge in [-0.3, -0.25) is 0 Å². The topological polar surface area (TPSA) is 52.6 Å². The molecule has 128 valence electrons. The summed E-state index contributed by atoms with van der Waals surface area (Å²) in [4.78, 5) is 14.1. The molecule has 2 aromatic carbocycles. The Bertz CT molecular complexity index is 699. The molecule has 24 heavy (non-hydrogen) atoms. The Balaban J connectivity index is 1.50. The molecule has 0 saturated carbocycles. The van der Waals surface area contributed by atoms with Crippen molar-refractivity contribution in [3.63, 3.8) is 0 Å². The number of aliphatic hydroxyl groups excluding tert-OH is 1. The summed E-state index contributed by atoms with van der Waals surface area (Å²) < 4.78 is 0. The molecule has 0 bridgehead atoms. The van der Waals surface area contributed by atoms with Crippen LogP contribution in [0.2, 0.25) is 0 Å². The number of nitrogens with one attached hydrogen (secondary N) is 1. The highest BCUT2D eigenvalue weighted by Crippen LogP contribution is 2.19. The molecule has 0 aliphatic carbocycles. The number of nitrogens with zero attached hydrogens (tertiary/aromatic N) is 1. The molecule has 0 aromatic heterocycles. The maximum absolute atomic E-state index is 12.3. The number of carbonyl (C=O) groups excluding carboxylic acids is 1. The second-order valence-corrected chi connectivity index (χ2v) is 6.75. The summed E-state index contributed by atoms with van der Waals surface area (Å²) in [6, 6.07) is 14.7. The summed E-state index contributed by atoms with van der Waals surface area (Å²) in [5.74, 6) is 0.199. The van der Waals surface area contributed by atoms with Crippen LogP contribution < -0.4 is 5.32 Å². The third kappa shape index (κ3) is 4.06. The highest BCUT2D eigenvalue weighted by molar-refractivity contribution is 5.83. The zero-order chi connectivity index (χ0) is 16.9. The molecule has 2 N–H and O–H groups in total. The van der Waals surface area contributed by atoms with Crippen LogP contribution in [0.1, 0.15) is 25.3 Å². The van der Waals surface area contributed by atoms with Crippen molar-refractivity contribution in [3.05, 3.63) is 48.0 Å². The largest absolute Gasteiger partial charge is 0.393 e. The molecule has 0 spiro atoms. The molecule has 1 heterocycles. The zero-order valence-corrected chi connectivity index (χ0v) is 14.2. The number of carbonyl (C=O) groups is 1. The molecule has 2 aromatic rings. The number of hydrogen-bond donors (Lipinski definition) is 2. The van der Waals surface area contributed by atoms with Crippen molar-refractivity contribution in [2.75, 3.05) is 19.6 Å². The van der Waals surface area contributed by atoms with E-state index in [-0.39, 0.29) is 18.1 Å². The van der Waals surface area contributed by atoms with Gasteiger partial charge in [-0.1, -0.05) is 42.5 Å².